The van der Waals surface area contributed by atoms with Gasteiger partial charge in [-0.1, -0.05) is 26.7 Å². The summed E-state index contributed by atoms with van der Waals surface area (Å²) in [5.74, 6) is -4.02. The van der Waals surface area contributed by atoms with Crippen molar-refractivity contribution in [1.29, 1.82) is 0 Å². The van der Waals surface area contributed by atoms with Gasteiger partial charge < -0.3 is 30.3 Å². The molecule has 3 unspecified atom stereocenters. The fourth-order valence-electron chi connectivity index (χ4n) is 4.50. The highest BCUT2D eigenvalue weighted by Crippen LogP contribution is 2.18. The second kappa shape index (κ2) is 16.5. The van der Waals surface area contributed by atoms with Crippen LogP contribution in [0.15, 0.2) is 18.2 Å². The molecule has 228 valence electrons. The minimum absolute atomic E-state index is 0.0893. The third-order valence-electron chi connectivity index (χ3n) is 6.60. The fraction of sp³-hybridized carbons (Fsp3) is 0.607. The van der Waals surface area contributed by atoms with Gasteiger partial charge in [0.2, 0.25) is 11.8 Å². The zero-order chi connectivity index (χ0) is 30.5. The molecule has 0 aliphatic carbocycles. The highest BCUT2D eigenvalue weighted by Gasteiger charge is 2.35. The summed E-state index contributed by atoms with van der Waals surface area (Å²) in [6, 6.07) is -1.56. The average molecular weight is 583 g/mol. The van der Waals surface area contributed by atoms with Crippen molar-refractivity contribution in [3.8, 4) is 0 Å². The molecule has 41 heavy (non-hydrogen) atoms. The molecule has 3 atom stereocenters. The summed E-state index contributed by atoms with van der Waals surface area (Å²) in [7, 11) is 1.08. The van der Waals surface area contributed by atoms with Crippen LogP contribution in [0.2, 0.25) is 0 Å². The number of esters is 2. The van der Waals surface area contributed by atoms with Crippen molar-refractivity contribution in [3.05, 3.63) is 35.4 Å². The summed E-state index contributed by atoms with van der Waals surface area (Å²) in [4.78, 5) is 64.0. The van der Waals surface area contributed by atoms with E-state index in [-0.39, 0.29) is 17.9 Å². The number of amides is 4. The van der Waals surface area contributed by atoms with Crippen molar-refractivity contribution >= 4 is 29.8 Å². The second-order valence-corrected chi connectivity index (χ2v) is 10.4. The van der Waals surface area contributed by atoms with Crippen LogP contribution >= 0.6 is 0 Å². The number of nitrogens with one attached hydrogen (secondary N) is 3. The first kappa shape index (κ1) is 33.4. The maximum Gasteiger partial charge on any atom is 0.331 e. The minimum atomic E-state index is -1.45. The van der Waals surface area contributed by atoms with E-state index in [4.69, 9.17) is 9.47 Å². The van der Waals surface area contributed by atoms with Gasteiger partial charge in [-0.05, 0) is 42.9 Å². The molecular weight excluding hydrogens is 542 g/mol. The van der Waals surface area contributed by atoms with Crippen molar-refractivity contribution in [3.63, 3.8) is 0 Å². The Labute approximate surface area is 238 Å². The number of hydrogen-bond donors (Lipinski definition) is 3. The Hall–Kier alpha value is -3.77. The van der Waals surface area contributed by atoms with Gasteiger partial charge in [-0.25, -0.2) is 23.2 Å². The zero-order valence-electron chi connectivity index (χ0n) is 24.0. The third kappa shape index (κ3) is 11.3. The van der Waals surface area contributed by atoms with E-state index >= 15 is 0 Å². The lowest BCUT2D eigenvalue weighted by molar-refractivity contribution is -0.157. The smallest absolute Gasteiger partial charge is 0.331 e. The average Bonchev–Trinajstić information content (AvgIpc) is 3.39. The van der Waals surface area contributed by atoms with Crippen molar-refractivity contribution in [2.45, 2.75) is 77.4 Å². The Morgan fingerprint density at radius 1 is 1.02 bits per heavy atom. The van der Waals surface area contributed by atoms with Crippen molar-refractivity contribution in [1.82, 2.24) is 20.9 Å². The minimum Gasteiger partial charge on any atom is -0.467 e. The molecular formula is C28H40F2N4O7. The molecule has 1 aliphatic rings. The highest BCUT2D eigenvalue weighted by atomic mass is 19.1. The summed E-state index contributed by atoms with van der Waals surface area (Å²) in [6.07, 6.45) is 3.32. The van der Waals surface area contributed by atoms with E-state index in [9.17, 15) is 32.8 Å². The fourth-order valence-corrected chi connectivity index (χ4v) is 4.50. The van der Waals surface area contributed by atoms with Crippen LogP contribution in [-0.2, 0) is 35.1 Å². The van der Waals surface area contributed by atoms with E-state index in [0.29, 0.717) is 37.9 Å². The van der Waals surface area contributed by atoms with E-state index in [1.54, 1.807) is 0 Å². The Morgan fingerprint density at radius 3 is 2.32 bits per heavy atom. The third-order valence-corrected chi connectivity index (χ3v) is 6.60. The van der Waals surface area contributed by atoms with Gasteiger partial charge >= 0.3 is 18.0 Å². The van der Waals surface area contributed by atoms with E-state index < -0.39 is 60.2 Å². The lowest BCUT2D eigenvalue weighted by Crippen LogP contribution is -2.55. The molecule has 1 fully saturated rings. The number of urea groups is 1. The van der Waals surface area contributed by atoms with Crippen molar-refractivity contribution in [2.24, 2.45) is 5.92 Å². The first-order chi connectivity index (χ1) is 19.4. The first-order valence-corrected chi connectivity index (χ1v) is 13.7. The van der Waals surface area contributed by atoms with Crippen LogP contribution < -0.4 is 16.0 Å². The number of hydrogen-bond acceptors (Lipinski definition) is 7. The molecule has 0 spiro atoms. The number of carbonyl (C=O) groups excluding carboxylic acids is 5. The van der Waals surface area contributed by atoms with Crippen LogP contribution in [0.25, 0.3) is 0 Å². The monoisotopic (exact) mass is 582 g/mol. The van der Waals surface area contributed by atoms with E-state index in [1.807, 2.05) is 0 Å². The predicted molar refractivity (Wildman–Crippen MR) is 144 cm³/mol. The number of carbonyl (C=O) groups is 5. The van der Waals surface area contributed by atoms with Crippen molar-refractivity contribution < 1.29 is 42.2 Å². The molecule has 1 aliphatic heterocycles. The molecule has 1 saturated heterocycles. The Morgan fingerprint density at radius 2 is 1.71 bits per heavy atom. The summed E-state index contributed by atoms with van der Waals surface area (Å²) in [5.41, 5.74) is 0.0893. The van der Waals surface area contributed by atoms with Crippen LogP contribution in [-0.4, -0.2) is 79.6 Å². The highest BCUT2D eigenvalue weighted by molar-refractivity contribution is 5.91. The summed E-state index contributed by atoms with van der Waals surface area (Å²) in [6.45, 7) is 5.68. The largest absolute Gasteiger partial charge is 0.467 e. The number of methoxy groups -OCH3 is 1. The number of unbranched alkanes of at least 4 members (excludes halogenated alkanes) is 1. The summed E-state index contributed by atoms with van der Waals surface area (Å²) in [5, 5.41) is 7.52. The van der Waals surface area contributed by atoms with Crippen LogP contribution in [0.5, 0.6) is 0 Å². The number of halogens is 2. The van der Waals surface area contributed by atoms with Crippen LogP contribution in [0.4, 0.5) is 13.6 Å². The molecule has 4 amide bonds. The van der Waals surface area contributed by atoms with Gasteiger partial charge in [0.05, 0.1) is 7.11 Å². The molecule has 11 nitrogen and oxygen atoms in total. The first-order valence-electron chi connectivity index (χ1n) is 13.7. The molecule has 1 heterocycles. The van der Waals surface area contributed by atoms with Gasteiger partial charge in [-0.3, -0.25) is 9.59 Å². The molecule has 0 bridgehead atoms. The Kier molecular flexibility index (Phi) is 13.4. The molecule has 1 aromatic rings. The lowest BCUT2D eigenvalue weighted by atomic mass is 10.0. The van der Waals surface area contributed by atoms with E-state index in [1.165, 1.54) is 11.8 Å². The standard InChI is InChI=1S/C28H40F2N4O7/c1-17(2)8-5-6-10-31-28(39)33-22(14-19-12-20(29)15-21(30)13-19)25(36)32-23(26(37)40-4)16-41-27(38)24-9-7-11-34(24)18(3)35/h12-13,15,17,22-24H,5-11,14,16H2,1-4H3,(H,32,36)(H2,31,33,39). The number of likely N-dealkylation sites (tertiary alicyclic amines) is 1. The molecule has 0 saturated carbocycles. The Balaban J connectivity index is 2.10. The van der Waals surface area contributed by atoms with E-state index in [2.05, 4.69) is 29.8 Å². The van der Waals surface area contributed by atoms with Crippen LogP contribution in [0.1, 0.15) is 58.4 Å². The van der Waals surface area contributed by atoms with Crippen molar-refractivity contribution in [2.75, 3.05) is 26.8 Å². The van der Waals surface area contributed by atoms with Gasteiger partial charge in [0, 0.05) is 32.5 Å². The number of ether oxygens (including phenoxy) is 2. The lowest BCUT2D eigenvalue weighted by Gasteiger charge is -2.24. The molecule has 0 radical (unpaired) electrons. The van der Waals surface area contributed by atoms with Gasteiger partial charge in [-0.2, -0.15) is 0 Å². The maximum absolute atomic E-state index is 13.8. The number of rotatable bonds is 14. The summed E-state index contributed by atoms with van der Waals surface area (Å²) < 4.78 is 37.6. The van der Waals surface area contributed by atoms with Gasteiger partial charge in [0.25, 0.3) is 0 Å². The molecule has 2 rings (SSSR count). The van der Waals surface area contributed by atoms with Crippen LogP contribution in [0.3, 0.4) is 0 Å². The van der Waals surface area contributed by atoms with Crippen LogP contribution in [0, 0.1) is 17.6 Å². The number of nitrogens with zero attached hydrogens (tertiary/aromatic N) is 1. The predicted octanol–water partition coefficient (Wildman–Crippen LogP) is 2.21. The SMILES string of the molecule is COC(=O)C(COC(=O)C1CCCN1C(C)=O)NC(=O)C(Cc1cc(F)cc(F)c1)NC(=O)NCCCCC(C)C. The zero-order valence-corrected chi connectivity index (χ0v) is 24.0. The number of benzene rings is 1. The molecule has 13 heteroatoms. The molecule has 1 aromatic carbocycles. The normalized spacial score (nSPS) is 16.1. The van der Waals surface area contributed by atoms with E-state index in [0.717, 1.165) is 38.5 Å². The molecule has 3 N–H and O–H groups in total. The molecule has 0 aromatic heterocycles. The second-order valence-electron chi connectivity index (χ2n) is 10.4. The van der Waals surface area contributed by atoms with Gasteiger partial charge in [0.15, 0.2) is 6.04 Å². The van der Waals surface area contributed by atoms with Gasteiger partial charge in [-0.15, -0.1) is 0 Å². The summed E-state index contributed by atoms with van der Waals surface area (Å²) >= 11 is 0. The topological polar surface area (TPSA) is 143 Å². The van der Waals surface area contributed by atoms with Gasteiger partial charge in [0.1, 0.15) is 30.3 Å². The Bertz CT molecular complexity index is 1070. The quantitative estimate of drug-likeness (QED) is 0.225. The maximum atomic E-state index is 13.8.